The summed E-state index contributed by atoms with van der Waals surface area (Å²) in [4.78, 5) is 15.0. The second kappa shape index (κ2) is 8.76. The Labute approximate surface area is 155 Å². The van der Waals surface area contributed by atoms with Crippen molar-refractivity contribution < 1.29 is 0 Å². The lowest BCUT2D eigenvalue weighted by Gasteiger charge is -2.11. The molecule has 0 bridgehead atoms. The molecule has 0 aliphatic rings. The average molecular weight is 347 g/mol. The number of allylic oxidation sites excluding steroid dienone is 4. The van der Waals surface area contributed by atoms with Gasteiger partial charge in [0.05, 0.1) is 0 Å². The Morgan fingerprint density at radius 1 is 1.27 bits per heavy atom. The van der Waals surface area contributed by atoms with Gasteiger partial charge in [-0.25, -0.2) is 9.97 Å². The van der Waals surface area contributed by atoms with Crippen LogP contribution < -0.4 is 5.73 Å². The zero-order valence-corrected chi connectivity index (χ0v) is 15.8. The van der Waals surface area contributed by atoms with Crippen LogP contribution in [-0.4, -0.2) is 42.2 Å². The van der Waals surface area contributed by atoms with E-state index in [1.807, 2.05) is 68.5 Å². The quantitative estimate of drug-likeness (QED) is 0.635. The number of anilines is 1. The van der Waals surface area contributed by atoms with Gasteiger partial charge in [0.1, 0.15) is 5.82 Å². The number of aliphatic imine (C=N–C) groups is 1. The van der Waals surface area contributed by atoms with Gasteiger partial charge in [0.2, 0.25) is 0 Å². The monoisotopic (exact) mass is 347 g/mol. The van der Waals surface area contributed by atoms with Crippen LogP contribution in [0, 0.1) is 0 Å². The zero-order chi connectivity index (χ0) is 19.1. The highest BCUT2D eigenvalue weighted by atomic mass is 15.0. The fourth-order valence-electron chi connectivity index (χ4n) is 2.56. The summed E-state index contributed by atoms with van der Waals surface area (Å²) in [6, 6.07) is 8.02. The Hall–Kier alpha value is -3.21. The standard InChI is InChI=1S/C21H25N5/c1-6-15(12-23-3)19-13-24-21(25-20(19)22)18-10-8-9-17(11-18)16(7-2)14-26(4)5/h6-14H,2H2,1,3-5H3,(H2,22,24,25)/b15-6+,16-14+,23-12?. The van der Waals surface area contributed by atoms with E-state index in [2.05, 4.69) is 21.5 Å². The molecule has 0 atom stereocenters. The van der Waals surface area contributed by atoms with E-state index in [4.69, 9.17) is 5.73 Å². The molecule has 2 aromatic rings. The fraction of sp³-hybridized carbons (Fsp3) is 0.190. The van der Waals surface area contributed by atoms with Gasteiger partial charge in [-0.15, -0.1) is 0 Å². The summed E-state index contributed by atoms with van der Waals surface area (Å²) in [5.41, 5.74) is 10.8. The molecule has 2 N–H and O–H groups in total. The first-order valence-electron chi connectivity index (χ1n) is 8.33. The van der Waals surface area contributed by atoms with Gasteiger partial charge in [-0.2, -0.15) is 0 Å². The summed E-state index contributed by atoms with van der Waals surface area (Å²) in [7, 11) is 5.68. The minimum Gasteiger partial charge on any atom is -0.383 e. The molecule has 0 spiro atoms. The molecule has 0 aliphatic heterocycles. The van der Waals surface area contributed by atoms with Gasteiger partial charge in [0, 0.05) is 56.5 Å². The number of benzene rings is 1. The van der Waals surface area contributed by atoms with Crippen LogP contribution in [0.25, 0.3) is 22.5 Å². The number of nitrogens with zero attached hydrogens (tertiary/aromatic N) is 4. The first kappa shape index (κ1) is 19.1. The van der Waals surface area contributed by atoms with Crippen molar-refractivity contribution in [1.82, 2.24) is 14.9 Å². The number of aromatic nitrogens is 2. The number of nitrogens with two attached hydrogens (primary N) is 1. The molecule has 5 nitrogen and oxygen atoms in total. The number of hydrogen-bond donors (Lipinski definition) is 1. The highest BCUT2D eigenvalue weighted by Crippen LogP contribution is 2.25. The summed E-state index contributed by atoms with van der Waals surface area (Å²) in [5.74, 6) is 1.02. The first-order valence-corrected chi connectivity index (χ1v) is 8.33. The molecule has 0 amide bonds. The largest absolute Gasteiger partial charge is 0.383 e. The Bertz CT molecular complexity index is 876. The van der Waals surface area contributed by atoms with Gasteiger partial charge in [-0.1, -0.05) is 36.9 Å². The van der Waals surface area contributed by atoms with Crippen molar-refractivity contribution in [1.29, 1.82) is 0 Å². The van der Waals surface area contributed by atoms with Crippen LogP contribution in [0.5, 0.6) is 0 Å². The Balaban J connectivity index is 2.45. The van der Waals surface area contributed by atoms with E-state index in [1.165, 1.54) is 0 Å². The van der Waals surface area contributed by atoms with Crippen LogP contribution in [0.3, 0.4) is 0 Å². The third-order valence-electron chi connectivity index (χ3n) is 3.78. The SMILES string of the molecule is C=C/C(=C\N(C)C)c1cccc(-c2ncc(/C(C=NC)=C/C)c(N)n2)c1. The summed E-state index contributed by atoms with van der Waals surface area (Å²) in [6.07, 6.45) is 9.28. The molecule has 5 heteroatoms. The molecule has 1 aromatic heterocycles. The third kappa shape index (κ3) is 4.45. The van der Waals surface area contributed by atoms with Gasteiger partial charge >= 0.3 is 0 Å². The predicted octanol–water partition coefficient (Wildman–Crippen LogP) is 3.92. The predicted molar refractivity (Wildman–Crippen MR) is 112 cm³/mol. The van der Waals surface area contributed by atoms with Crippen molar-refractivity contribution in [3.05, 3.63) is 66.5 Å². The fourth-order valence-corrected chi connectivity index (χ4v) is 2.56. The van der Waals surface area contributed by atoms with E-state index < -0.39 is 0 Å². The topological polar surface area (TPSA) is 67.4 Å². The van der Waals surface area contributed by atoms with Crippen molar-refractivity contribution in [2.75, 3.05) is 26.9 Å². The lowest BCUT2D eigenvalue weighted by molar-refractivity contribution is 0.566. The Morgan fingerprint density at radius 2 is 2.04 bits per heavy atom. The average Bonchev–Trinajstić information content (AvgIpc) is 2.64. The smallest absolute Gasteiger partial charge is 0.161 e. The molecule has 0 saturated heterocycles. The van der Waals surface area contributed by atoms with E-state index in [0.29, 0.717) is 11.6 Å². The normalized spacial score (nSPS) is 12.5. The molecule has 26 heavy (non-hydrogen) atoms. The molecular weight excluding hydrogens is 322 g/mol. The van der Waals surface area contributed by atoms with E-state index in [1.54, 1.807) is 19.5 Å². The maximum absolute atomic E-state index is 6.17. The molecule has 1 heterocycles. The number of hydrogen-bond acceptors (Lipinski definition) is 5. The molecular formula is C21H25N5. The second-order valence-corrected chi connectivity index (χ2v) is 5.96. The van der Waals surface area contributed by atoms with E-state index in [0.717, 1.165) is 27.8 Å². The Morgan fingerprint density at radius 3 is 2.62 bits per heavy atom. The second-order valence-electron chi connectivity index (χ2n) is 5.96. The van der Waals surface area contributed by atoms with Crippen LogP contribution in [0.2, 0.25) is 0 Å². The minimum atomic E-state index is 0.432. The highest BCUT2D eigenvalue weighted by Gasteiger charge is 2.10. The van der Waals surface area contributed by atoms with Crippen LogP contribution in [0.1, 0.15) is 18.1 Å². The molecule has 0 fully saturated rings. The zero-order valence-electron chi connectivity index (χ0n) is 15.8. The maximum Gasteiger partial charge on any atom is 0.161 e. The van der Waals surface area contributed by atoms with Gasteiger partial charge in [0.25, 0.3) is 0 Å². The number of nitrogen functional groups attached to an aromatic ring is 1. The molecule has 0 radical (unpaired) electrons. The van der Waals surface area contributed by atoms with Crippen LogP contribution in [0.4, 0.5) is 5.82 Å². The number of rotatable bonds is 6. The van der Waals surface area contributed by atoms with Crippen LogP contribution in [-0.2, 0) is 0 Å². The van der Waals surface area contributed by atoms with Crippen molar-refractivity contribution in [2.24, 2.45) is 4.99 Å². The maximum atomic E-state index is 6.17. The van der Waals surface area contributed by atoms with Crippen molar-refractivity contribution >= 4 is 23.2 Å². The van der Waals surface area contributed by atoms with Crippen molar-refractivity contribution in [2.45, 2.75) is 6.92 Å². The lowest BCUT2D eigenvalue weighted by atomic mass is 10.0. The van der Waals surface area contributed by atoms with Crippen molar-refractivity contribution in [3.8, 4) is 11.4 Å². The molecule has 134 valence electrons. The summed E-state index contributed by atoms with van der Waals surface area (Å²) < 4.78 is 0. The highest BCUT2D eigenvalue weighted by molar-refractivity contribution is 6.11. The third-order valence-corrected chi connectivity index (χ3v) is 3.78. The molecule has 2 rings (SSSR count). The lowest BCUT2D eigenvalue weighted by Crippen LogP contribution is -2.03. The molecule has 0 saturated carbocycles. The van der Waals surface area contributed by atoms with E-state index >= 15 is 0 Å². The summed E-state index contributed by atoms with van der Waals surface area (Å²) >= 11 is 0. The first-order chi connectivity index (χ1) is 12.5. The Kier molecular flexibility index (Phi) is 6.44. The van der Waals surface area contributed by atoms with E-state index in [-0.39, 0.29) is 0 Å². The molecule has 1 aromatic carbocycles. The molecule has 0 aliphatic carbocycles. The molecule has 0 unspecified atom stereocenters. The van der Waals surface area contributed by atoms with Crippen LogP contribution in [0.15, 0.2) is 60.4 Å². The summed E-state index contributed by atoms with van der Waals surface area (Å²) in [5, 5.41) is 0. The van der Waals surface area contributed by atoms with Crippen LogP contribution >= 0.6 is 0 Å². The summed E-state index contributed by atoms with van der Waals surface area (Å²) in [6.45, 7) is 5.83. The van der Waals surface area contributed by atoms with Gasteiger partial charge in [0.15, 0.2) is 5.82 Å². The van der Waals surface area contributed by atoms with Crippen molar-refractivity contribution in [3.63, 3.8) is 0 Å². The van der Waals surface area contributed by atoms with Gasteiger partial charge in [-0.3, -0.25) is 4.99 Å². The minimum absolute atomic E-state index is 0.432. The van der Waals surface area contributed by atoms with Gasteiger partial charge in [-0.05, 0) is 24.1 Å². The van der Waals surface area contributed by atoms with Gasteiger partial charge < -0.3 is 10.6 Å². The van der Waals surface area contributed by atoms with E-state index in [9.17, 15) is 0 Å².